The molecule has 0 atom stereocenters. The second-order valence-corrected chi connectivity index (χ2v) is 6.74. The fourth-order valence-corrected chi connectivity index (χ4v) is 3.03. The molecule has 0 aliphatic rings. The van der Waals surface area contributed by atoms with E-state index in [0.29, 0.717) is 28.8 Å². The van der Waals surface area contributed by atoms with E-state index in [9.17, 15) is 9.18 Å². The van der Waals surface area contributed by atoms with Crippen LogP contribution >= 0.6 is 0 Å². The summed E-state index contributed by atoms with van der Waals surface area (Å²) in [6.07, 6.45) is 1.11. The topological polar surface area (TPSA) is 86.5 Å². The van der Waals surface area contributed by atoms with Crippen molar-refractivity contribution in [3.63, 3.8) is 0 Å². The number of aromatic carboxylic acids is 1. The lowest BCUT2D eigenvalue weighted by Gasteiger charge is -2.08. The molecule has 4 rings (SSSR count). The number of carboxylic acids is 1. The van der Waals surface area contributed by atoms with Gasteiger partial charge in [-0.3, -0.25) is 0 Å². The summed E-state index contributed by atoms with van der Waals surface area (Å²) in [5, 5.41) is 9.09. The maximum atomic E-state index is 13.2. The quantitative estimate of drug-likeness (QED) is 0.507. The molecule has 0 saturated carbocycles. The number of rotatable bonds is 6. The molecule has 1 N–H and O–H groups in total. The third kappa shape index (κ3) is 3.93. The lowest BCUT2D eigenvalue weighted by molar-refractivity contribution is 0.0696. The van der Waals surface area contributed by atoms with Crippen LogP contribution in [0.5, 0.6) is 17.4 Å². The Hall–Kier alpha value is -3.94. The predicted octanol–water partition coefficient (Wildman–Crippen LogP) is 4.49. The van der Waals surface area contributed by atoms with Crippen molar-refractivity contribution in [3.8, 4) is 17.4 Å². The molecule has 0 aliphatic heterocycles. The van der Waals surface area contributed by atoms with E-state index in [1.807, 2.05) is 23.7 Å². The van der Waals surface area contributed by atoms with Gasteiger partial charge in [-0.25, -0.2) is 19.2 Å². The van der Waals surface area contributed by atoms with Crippen LogP contribution in [0, 0.1) is 12.7 Å². The number of fused-ring (bicyclic) bond motifs is 1. The van der Waals surface area contributed by atoms with Gasteiger partial charge < -0.3 is 19.1 Å². The van der Waals surface area contributed by atoms with Gasteiger partial charge in [-0.1, -0.05) is 6.07 Å². The van der Waals surface area contributed by atoms with Gasteiger partial charge in [0.05, 0.1) is 22.8 Å². The first kappa shape index (κ1) is 19.4. The van der Waals surface area contributed by atoms with E-state index in [2.05, 4.69) is 9.97 Å². The van der Waals surface area contributed by atoms with E-state index in [1.165, 1.54) is 18.2 Å². The summed E-state index contributed by atoms with van der Waals surface area (Å²) in [7, 11) is 1.85. The highest BCUT2D eigenvalue weighted by Gasteiger charge is 2.12. The van der Waals surface area contributed by atoms with Crippen LogP contribution in [0.15, 0.2) is 54.7 Å². The molecule has 0 unspecified atom stereocenters. The normalized spacial score (nSPS) is 10.9. The second kappa shape index (κ2) is 7.82. The number of hydrogen-bond donors (Lipinski definition) is 1. The summed E-state index contributed by atoms with van der Waals surface area (Å²) in [5.74, 6) is 0.569. The van der Waals surface area contributed by atoms with E-state index in [0.717, 1.165) is 17.2 Å². The van der Waals surface area contributed by atoms with Crippen LogP contribution in [0.4, 0.5) is 4.39 Å². The lowest BCUT2D eigenvalue weighted by Crippen LogP contribution is -2.04. The van der Waals surface area contributed by atoms with Crippen molar-refractivity contribution in [2.24, 2.45) is 7.05 Å². The minimum Gasteiger partial charge on any atom is -0.486 e. The fraction of sp³-hybridized carbons (Fsp3) is 0.136. The Balaban J connectivity index is 1.55. The number of nitrogens with zero attached hydrogens (tertiary/aromatic N) is 3. The summed E-state index contributed by atoms with van der Waals surface area (Å²) >= 11 is 0. The lowest BCUT2D eigenvalue weighted by atomic mass is 10.2. The van der Waals surface area contributed by atoms with E-state index in [1.54, 1.807) is 25.1 Å². The molecule has 2 heterocycles. The first-order valence-corrected chi connectivity index (χ1v) is 9.12. The maximum absolute atomic E-state index is 13.2. The first-order chi connectivity index (χ1) is 14.4. The van der Waals surface area contributed by atoms with Gasteiger partial charge in [0.15, 0.2) is 0 Å². The summed E-state index contributed by atoms with van der Waals surface area (Å²) in [6, 6.07) is 13.1. The average molecular weight is 407 g/mol. The summed E-state index contributed by atoms with van der Waals surface area (Å²) in [4.78, 5) is 19.6. The number of benzene rings is 2. The molecule has 4 aromatic rings. The minimum absolute atomic E-state index is 0.156. The third-order valence-corrected chi connectivity index (χ3v) is 4.61. The molecule has 7 nitrogen and oxygen atoms in total. The third-order valence-electron chi connectivity index (χ3n) is 4.61. The number of halogens is 1. The highest BCUT2D eigenvalue weighted by atomic mass is 19.1. The van der Waals surface area contributed by atoms with Gasteiger partial charge >= 0.3 is 5.97 Å². The zero-order chi connectivity index (χ0) is 21.3. The van der Waals surface area contributed by atoms with Gasteiger partial charge in [-0.2, -0.15) is 0 Å². The van der Waals surface area contributed by atoms with Crippen molar-refractivity contribution in [3.05, 3.63) is 77.5 Å². The summed E-state index contributed by atoms with van der Waals surface area (Å²) in [6.45, 7) is 1.89. The van der Waals surface area contributed by atoms with Gasteiger partial charge in [0.25, 0.3) is 0 Å². The summed E-state index contributed by atoms with van der Waals surface area (Å²) in [5.41, 5.74) is 2.33. The molecule has 0 bridgehead atoms. The Bertz CT molecular complexity index is 1250. The summed E-state index contributed by atoms with van der Waals surface area (Å²) < 4.78 is 26.6. The zero-order valence-corrected chi connectivity index (χ0v) is 16.3. The van der Waals surface area contributed by atoms with Crippen LogP contribution < -0.4 is 9.47 Å². The maximum Gasteiger partial charge on any atom is 0.335 e. The van der Waals surface area contributed by atoms with Crippen molar-refractivity contribution in [1.29, 1.82) is 0 Å². The number of carboxylic acid groups (broad SMARTS) is 1. The van der Waals surface area contributed by atoms with E-state index in [-0.39, 0.29) is 12.2 Å². The Kier molecular flexibility index (Phi) is 5.05. The highest BCUT2D eigenvalue weighted by molar-refractivity contribution is 5.88. The molecule has 8 heteroatoms. The van der Waals surface area contributed by atoms with Gasteiger partial charge in [-0.15, -0.1) is 0 Å². The standard InChI is InChI=1S/C22H18FN3O4/c1-13-8-15(23)11-24-21(13)30-17-6-7-18-19(10-17)26(2)20(25-18)12-29-16-5-3-4-14(9-16)22(27)28/h3-11H,12H2,1-2H3,(H,27,28). The number of aryl methyl sites for hydroxylation is 2. The highest BCUT2D eigenvalue weighted by Crippen LogP contribution is 2.27. The predicted molar refractivity (Wildman–Crippen MR) is 107 cm³/mol. The molecular formula is C22H18FN3O4. The van der Waals surface area contributed by atoms with Crippen LogP contribution in [-0.2, 0) is 13.7 Å². The van der Waals surface area contributed by atoms with Crippen molar-refractivity contribution in [2.45, 2.75) is 13.5 Å². The smallest absolute Gasteiger partial charge is 0.335 e. The number of carbonyl (C=O) groups is 1. The number of pyridine rings is 1. The van der Waals surface area contributed by atoms with Gasteiger partial charge in [0.1, 0.15) is 29.7 Å². The minimum atomic E-state index is -1.01. The van der Waals surface area contributed by atoms with Crippen LogP contribution in [0.2, 0.25) is 0 Å². The number of ether oxygens (including phenoxy) is 2. The number of hydrogen-bond acceptors (Lipinski definition) is 5. The van der Waals surface area contributed by atoms with E-state index >= 15 is 0 Å². The molecule has 152 valence electrons. The van der Waals surface area contributed by atoms with Crippen LogP contribution in [0.1, 0.15) is 21.7 Å². The molecule has 2 aromatic carbocycles. The van der Waals surface area contributed by atoms with E-state index < -0.39 is 11.8 Å². The second-order valence-electron chi connectivity index (χ2n) is 6.74. The molecule has 2 aromatic heterocycles. The molecule has 0 fully saturated rings. The average Bonchev–Trinajstić information content (AvgIpc) is 3.04. The molecule has 0 saturated heterocycles. The molecular weight excluding hydrogens is 389 g/mol. The Morgan fingerprint density at radius 2 is 2.00 bits per heavy atom. The van der Waals surface area contributed by atoms with Crippen LogP contribution in [0.3, 0.4) is 0 Å². The van der Waals surface area contributed by atoms with Crippen LogP contribution in [0.25, 0.3) is 11.0 Å². The molecule has 0 radical (unpaired) electrons. The van der Waals surface area contributed by atoms with Crippen molar-refractivity contribution >= 4 is 17.0 Å². The molecule has 0 spiro atoms. The monoisotopic (exact) mass is 407 g/mol. The largest absolute Gasteiger partial charge is 0.486 e. The van der Waals surface area contributed by atoms with Crippen molar-refractivity contribution in [1.82, 2.24) is 14.5 Å². The molecule has 0 amide bonds. The molecule has 30 heavy (non-hydrogen) atoms. The first-order valence-electron chi connectivity index (χ1n) is 9.12. The molecule has 0 aliphatic carbocycles. The number of aromatic nitrogens is 3. The SMILES string of the molecule is Cc1cc(F)cnc1Oc1ccc2nc(COc3cccc(C(=O)O)c3)n(C)c2c1. The number of imidazole rings is 1. The Morgan fingerprint density at radius 1 is 1.17 bits per heavy atom. The van der Waals surface area contributed by atoms with Crippen molar-refractivity contribution in [2.75, 3.05) is 0 Å². The van der Waals surface area contributed by atoms with Gasteiger partial charge in [-0.05, 0) is 43.3 Å². The Labute approximate surface area is 171 Å². The van der Waals surface area contributed by atoms with Crippen molar-refractivity contribution < 1.29 is 23.8 Å². The van der Waals surface area contributed by atoms with Gasteiger partial charge in [0, 0.05) is 18.7 Å². The van der Waals surface area contributed by atoms with E-state index in [4.69, 9.17) is 14.6 Å². The zero-order valence-electron chi connectivity index (χ0n) is 16.3. The fourth-order valence-electron chi connectivity index (χ4n) is 3.03. The van der Waals surface area contributed by atoms with Gasteiger partial charge in [0.2, 0.25) is 5.88 Å². The Morgan fingerprint density at radius 3 is 2.77 bits per heavy atom. The van der Waals surface area contributed by atoms with Crippen LogP contribution in [-0.4, -0.2) is 25.6 Å².